The van der Waals surface area contributed by atoms with E-state index in [1.807, 2.05) is 30.3 Å². The molecule has 28 heavy (non-hydrogen) atoms. The highest BCUT2D eigenvalue weighted by molar-refractivity contribution is 9.10. The molecule has 0 bridgehead atoms. The predicted molar refractivity (Wildman–Crippen MR) is 108 cm³/mol. The normalized spacial score (nSPS) is 11.3. The highest BCUT2D eigenvalue weighted by Gasteiger charge is 2.20. The van der Waals surface area contributed by atoms with Gasteiger partial charge in [-0.1, -0.05) is 46.3 Å². The third kappa shape index (κ3) is 4.49. The minimum atomic E-state index is -0.498. The fourth-order valence-corrected chi connectivity index (χ4v) is 2.82. The van der Waals surface area contributed by atoms with E-state index in [0.717, 1.165) is 10.0 Å². The standard InChI is InChI=1S/C19H16BrN5O3/c1-13-21-11-18(25(27)28)24(13)12-17(14-7-9-16(20)10-8-14)22-23-19(26)15-5-3-2-4-6-15/h2-11H,12H2,1H3,(H,23,26)/b22-17-. The number of nitrogens with zero attached hydrogens (tertiary/aromatic N) is 4. The van der Waals surface area contributed by atoms with Gasteiger partial charge in [-0.3, -0.25) is 4.79 Å². The van der Waals surface area contributed by atoms with Gasteiger partial charge in [0.2, 0.25) is 0 Å². The van der Waals surface area contributed by atoms with Crippen LogP contribution in [0.15, 0.2) is 70.4 Å². The van der Waals surface area contributed by atoms with E-state index in [9.17, 15) is 14.9 Å². The van der Waals surface area contributed by atoms with E-state index < -0.39 is 4.92 Å². The maximum absolute atomic E-state index is 12.3. The second-order valence-electron chi connectivity index (χ2n) is 5.88. The summed E-state index contributed by atoms with van der Waals surface area (Å²) in [6, 6.07) is 16.0. The van der Waals surface area contributed by atoms with Crippen molar-refractivity contribution < 1.29 is 9.72 Å². The summed E-state index contributed by atoms with van der Waals surface area (Å²) < 4.78 is 2.32. The van der Waals surface area contributed by atoms with Crippen molar-refractivity contribution in [2.24, 2.45) is 5.10 Å². The summed E-state index contributed by atoms with van der Waals surface area (Å²) in [7, 11) is 0. The summed E-state index contributed by atoms with van der Waals surface area (Å²) in [6.07, 6.45) is 1.21. The number of halogens is 1. The summed E-state index contributed by atoms with van der Waals surface area (Å²) in [6.45, 7) is 1.76. The second-order valence-corrected chi connectivity index (χ2v) is 6.79. The van der Waals surface area contributed by atoms with E-state index in [2.05, 4.69) is 31.4 Å². The summed E-state index contributed by atoms with van der Waals surface area (Å²) in [4.78, 5) is 27.1. The Balaban J connectivity index is 1.94. The average molecular weight is 442 g/mol. The van der Waals surface area contributed by atoms with Gasteiger partial charge in [0.05, 0.1) is 0 Å². The first-order valence-corrected chi connectivity index (χ1v) is 9.09. The van der Waals surface area contributed by atoms with E-state index in [1.54, 1.807) is 31.2 Å². The third-order valence-corrected chi connectivity index (χ3v) is 4.56. The number of carbonyl (C=O) groups excluding carboxylic acids is 1. The van der Waals surface area contributed by atoms with Crippen LogP contribution >= 0.6 is 15.9 Å². The molecular formula is C19H16BrN5O3. The number of carbonyl (C=O) groups is 1. The van der Waals surface area contributed by atoms with Crippen molar-refractivity contribution >= 4 is 33.4 Å². The predicted octanol–water partition coefficient (Wildman–Crippen LogP) is 3.70. The van der Waals surface area contributed by atoms with Gasteiger partial charge in [-0.2, -0.15) is 5.10 Å². The Morgan fingerprint density at radius 2 is 1.86 bits per heavy atom. The van der Waals surface area contributed by atoms with Crippen LogP contribution in [0.5, 0.6) is 0 Å². The van der Waals surface area contributed by atoms with Crippen molar-refractivity contribution in [3.05, 3.63) is 92.3 Å². The number of rotatable bonds is 6. The maximum atomic E-state index is 12.3. The molecule has 3 rings (SSSR count). The van der Waals surface area contributed by atoms with Crippen LogP contribution in [0.1, 0.15) is 21.7 Å². The molecule has 9 heteroatoms. The minimum absolute atomic E-state index is 0.0822. The van der Waals surface area contributed by atoms with E-state index >= 15 is 0 Å². The molecule has 1 N–H and O–H groups in total. The number of aryl methyl sites for hydroxylation is 1. The fourth-order valence-electron chi connectivity index (χ4n) is 2.55. The van der Waals surface area contributed by atoms with Crippen molar-refractivity contribution in [2.75, 3.05) is 0 Å². The van der Waals surface area contributed by atoms with Gasteiger partial charge < -0.3 is 10.1 Å². The van der Waals surface area contributed by atoms with Crippen LogP contribution in [0.4, 0.5) is 5.82 Å². The lowest BCUT2D eigenvalue weighted by molar-refractivity contribution is -0.392. The molecule has 0 aliphatic carbocycles. The second kappa shape index (κ2) is 8.57. The first kappa shape index (κ1) is 19.4. The van der Waals surface area contributed by atoms with E-state index in [0.29, 0.717) is 17.1 Å². The molecule has 3 aromatic rings. The summed E-state index contributed by atoms with van der Waals surface area (Å²) >= 11 is 3.38. The van der Waals surface area contributed by atoms with Gasteiger partial charge in [0.25, 0.3) is 5.91 Å². The molecule has 1 amide bonds. The summed E-state index contributed by atoms with van der Waals surface area (Å²) in [5.74, 6) is -0.0327. The molecular weight excluding hydrogens is 426 g/mol. The van der Waals surface area contributed by atoms with Crippen molar-refractivity contribution in [1.82, 2.24) is 15.0 Å². The Labute approximate surface area is 169 Å². The number of hydrogen-bond acceptors (Lipinski definition) is 5. The zero-order valence-corrected chi connectivity index (χ0v) is 16.5. The number of amides is 1. The molecule has 0 saturated heterocycles. The van der Waals surface area contributed by atoms with Gasteiger partial charge in [0.15, 0.2) is 5.82 Å². The number of hydrogen-bond donors (Lipinski definition) is 1. The zero-order valence-electron chi connectivity index (χ0n) is 14.9. The molecule has 0 fully saturated rings. The van der Waals surface area contributed by atoms with Crippen LogP contribution in [0.25, 0.3) is 0 Å². The van der Waals surface area contributed by atoms with Crippen LogP contribution in [0, 0.1) is 17.0 Å². The molecule has 0 atom stereocenters. The number of hydrazone groups is 1. The quantitative estimate of drug-likeness (QED) is 0.357. The molecule has 0 aliphatic heterocycles. The van der Waals surface area contributed by atoms with Crippen molar-refractivity contribution in [3.63, 3.8) is 0 Å². The van der Waals surface area contributed by atoms with Gasteiger partial charge in [0, 0.05) is 22.5 Å². The first-order valence-electron chi connectivity index (χ1n) is 8.30. The lowest BCUT2D eigenvalue weighted by Gasteiger charge is -2.08. The molecule has 8 nitrogen and oxygen atoms in total. The first-order chi connectivity index (χ1) is 13.5. The smallest absolute Gasteiger partial charge is 0.343 e. The molecule has 0 unspecified atom stereocenters. The van der Waals surface area contributed by atoms with Crippen LogP contribution in [0.3, 0.4) is 0 Å². The molecule has 0 spiro atoms. The molecule has 142 valence electrons. The zero-order chi connectivity index (χ0) is 20.1. The largest absolute Gasteiger partial charge is 0.358 e. The number of nitro groups is 1. The van der Waals surface area contributed by atoms with Crippen LogP contribution in [-0.4, -0.2) is 26.1 Å². The van der Waals surface area contributed by atoms with Crippen molar-refractivity contribution in [1.29, 1.82) is 0 Å². The fraction of sp³-hybridized carbons (Fsp3) is 0.105. The van der Waals surface area contributed by atoms with Crippen LogP contribution < -0.4 is 5.43 Å². The monoisotopic (exact) mass is 441 g/mol. The van der Waals surface area contributed by atoms with Gasteiger partial charge in [-0.25, -0.2) is 15.0 Å². The van der Waals surface area contributed by atoms with E-state index in [-0.39, 0.29) is 18.3 Å². The highest BCUT2D eigenvalue weighted by atomic mass is 79.9. The van der Waals surface area contributed by atoms with Crippen molar-refractivity contribution in [3.8, 4) is 0 Å². The molecule has 2 aromatic carbocycles. The Bertz CT molecular complexity index is 1030. The summed E-state index contributed by atoms with van der Waals surface area (Å²) in [5, 5.41) is 15.5. The van der Waals surface area contributed by atoms with Gasteiger partial charge in [-0.15, -0.1) is 0 Å². The number of benzene rings is 2. The lowest BCUT2D eigenvalue weighted by atomic mass is 10.1. The van der Waals surface area contributed by atoms with Gasteiger partial charge in [-0.05, 0) is 29.2 Å². The number of aromatic nitrogens is 2. The Kier molecular flexibility index (Phi) is 5.95. The molecule has 0 radical (unpaired) electrons. The Morgan fingerprint density at radius 3 is 2.50 bits per heavy atom. The van der Waals surface area contributed by atoms with E-state index in [4.69, 9.17) is 0 Å². The topological polar surface area (TPSA) is 102 Å². The molecule has 0 aliphatic rings. The minimum Gasteiger partial charge on any atom is -0.358 e. The highest BCUT2D eigenvalue weighted by Crippen LogP contribution is 2.17. The Hall–Kier alpha value is -3.33. The number of nitrogens with one attached hydrogen (secondary N) is 1. The van der Waals surface area contributed by atoms with E-state index in [1.165, 1.54) is 10.8 Å². The molecule has 1 aromatic heterocycles. The third-order valence-electron chi connectivity index (χ3n) is 4.03. The maximum Gasteiger partial charge on any atom is 0.343 e. The summed E-state index contributed by atoms with van der Waals surface area (Å²) in [5.41, 5.74) is 4.17. The lowest BCUT2D eigenvalue weighted by Crippen LogP contribution is -2.23. The SMILES string of the molecule is Cc1ncc([N+](=O)[O-])n1C/C(=N/NC(=O)c1ccccc1)c1ccc(Br)cc1. The van der Waals surface area contributed by atoms with Crippen LogP contribution in [0.2, 0.25) is 0 Å². The van der Waals surface area contributed by atoms with Crippen LogP contribution in [-0.2, 0) is 6.54 Å². The van der Waals surface area contributed by atoms with Crippen molar-refractivity contribution in [2.45, 2.75) is 13.5 Å². The van der Waals surface area contributed by atoms with Gasteiger partial charge >= 0.3 is 5.82 Å². The number of imidazole rings is 1. The average Bonchev–Trinajstić information content (AvgIpc) is 3.07. The Morgan fingerprint density at radius 1 is 1.18 bits per heavy atom. The van der Waals surface area contributed by atoms with Gasteiger partial charge in [0.1, 0.15) is 18.5 Å². The molecule has 0 saturated carbocycles. The molecule has 1 heterocycles.